The molecule has 0 fully saturated rings. The zero-order chi connectivity index (χ0) is 16.4. The van der Waals surface area contributed by atoms with Crippen LogP contribution in [0.2, 0.25) is 0 Å². The third-order valence-electron chi connectivity index (χ3n) is 4.79. The molecule has 118 valence electrons. The first-order valence-electron chi connectivity index (χ1n) is 8.43. The summed E-state index contributed by atoms with van der Waals surface area (Å²) in [5, 5.41) is 9.70. The van der Waals surface area contributed by atoms with Crippen LogP contribution in [-0.2, 0) is 0 Å². The Hall–Kier alpha value is -2.64. The van der Waals surface area contributed by atoms with Crippen molar-refractivity contribution in [2.75, 3.05) is 6.61 Å². The summed E-state index contributed by atoms with van der Waals surface area (Å²) in [7, 11) is 0. The second-order valence-corrected chi connectivity index (χ2v) is 6.17. The molecule has 3 aromatic rings. The summed E-state index contributed by atoms with van der Waals surface area (Å²) in [6.45, 7) is 0.170. The van der Waals surface area contributed by atoms with E-state index in [0.29, 0.717) is 6.42 Å². The topological polar surface area (TPSA) is 20.2 Å². The molecule has 0 saturated heterocycles. The predicted molar refractivity (Wildman–Crippen MR) is 98.9 cm³/mol. The highest BCUT2D eigenvalue weighted by molar-refractivity contribution is 5.89. The molecule has 24 heavy (non-hydrogen) atoms. The Morgan fingerprint density at radius 3 is 2.04 bits per heavy atom. The van der Waals surface area contributed by atoms with E-state index in [1.54, 1.807) is 0 Å². The molecule has 1 aliphatic rings. The van der Waals surface area contributed by atoms with E-state index in [1.807, 2.05) is 6.07 Å². The van der Waals surface area contributed by atoms with E-state index in [-0.39, 0.29) is 12.5 Å². The maximum atomic E-state index is 9.70. The lowest BCUT2D eigenvalue weighted by atomic mass is 9.87. The van der Waals surface area contributed by atoms with Crippen molar-refractivity contribution in [3.63, 3.8) is 0 Å². The molecule has 0 radical (unpaired) electrons. The summed E-state index contributed by atoms with van der Waals surface area (Å²) < 4.78 is 0. The van der Waals surface area contributed by atoms with Crippen LogP contribution in [0, 0.1) is 0 Å². The van der Waals surface area contributed by atoms with Gasteiger partial charge in [-0.2, -0.15) is 0 Å². The van der Waals surface area contributed by atoms with E-state index in [1.165, 1.54) is 33.4 Å². The van der Waals surface area contributed by atoms with Gasteiger partial charge in [0.15, 0.2) is 0 Å². The van der Waals surface area contributed by atoms with Crippen molar-refractivity contribution >= 4 is 5.57 Å². The third-order valence-corrected chi connectivity index (χ3v) is 4.79. The average Bonchev–Trinajstić information content (AvgIpc) is 2.97. The third kappa shape index (κ3) is 2.47. The summed E-state index contributed by atoms with van der Waals surface area (Å²) in [6.07, 6.45) is 0.693. The van der Waals surface area contributed by atoms with Crippen molar-refractivity contribution < 1.29 is 5.11 Å². The zero-order valence-corrected chi connectivity index (χ0v) is 13.5. The number of aliphatic hydroxyl groups is 1. The van der Waals surface area contributed by atoms with Gasteiger partial charge in [0.25, 0.3) is 0 Å². The van der Waals surface area contributed by atoms with Gasteiger partial charge >= 0.3 is 0 Å². The molecule has 0 aromatic heterocycles. The largest absolute Gasteiger partial charge is 0.396 e. The fourth-order valence-electron chi connectivity index (χ4n) is 3.84. The molecule has 3 aromatic carbocycles. The first kappa shape index (κ1) is 14.9. The molecule has 4 rings (SSSR count). The number of aliphatic hydroxyl groups excluding tert-OH is 1. The molecule has 0 aliphatic heterocycles. The summed E-state index contributed by atoms with van der Waals surface area (Å²) in [6, 6.07) is 29.8. The van der Waals surface area contributed by atoms with E-state index in [4.69, 9.17) is 0 Å². The lowest BCUT2D eigenvalue weighted by Crippen LogP contribution is -2.03. The standard InChI is InChI=1S/C23H20O/c24-16-15-21-22(17-9-3-1-4-10-17)19-13-7-8-14-20(19)23(21)18-11-5-2-6-12-18/h1-14,22,24H,15-16H2. The fraction of sp³-hybridized carbons (Fsp3) is 0.130. The molecule has 1 atom stereocenters. The summed E-state index contributed by atoms with van der Waals surface area (Å²) in [4.78, 5) is 0. The van der Waals surface area contributed by atoms with Crippen molar-refractivity contribution in [3.8, 4) is 0 Å². The molecule has 0 spiro atoms. The maximum absolute atomic E-state index is 9.70. The highest BCUT2D eigenvalue weighted by atomic mass is 16.2. The van der Waals surface area contributed by atoms with Crippen LogP contribution in [0.1, 0.15) is 34.6 Å². The van der Waals surface area contributed by atoms with E-state index in [9.17, 15) is 5.11 Å². The molecule has 0 heterocycles. The smallest absolute Gasteiger partial charge is 0.0468 e. The molecule has 1 unspecified atom stereocenters. The normalized spacial score (nSPS) is 16.3. The summed E-state index contributed by atoms with van der Waals surface area (Å²) >= 11 is 0. The van der Waals surface area contributed by atoms with Crippen LogP contribution < -0.4 is 0 Å². The Morgan fingerprint density at radius 2 is 1.33 bits per heavy atom. The van der Waals surface area contributed by atoms with E-state index in [2.05, 4.69) is 78.9 Å². The second kappa shape index (κ2) is 6.46. The summed E-state index contributed by atoms with van der Waals surface area (Å²) in [5.41, 5.74) is 7.75. The predicted octanol–water partition coefficient (Wildman–Crippen LogP) is 5.02. The fourth-order valence-corrected chi connectivity index (χ4v) is 3.84. The van der Waals surface area contributed by atoms with Gasteiger partial charge in [-0.1, -0.05) is 84.9 Å². The van der Waals surface area contributed by atoms with Crippen LogP contribution in [0.5, 0.6) is 0 Å². The van der Waals surface area contributed by atoms with Crippen molar-refractivity contribution in [2.24, 2.45) is 0 Å². The zero-order valence-electron chi connectivity index (χ0n) is 13.5. The molecule has 0 saturated carbocycles. The van der Waals surface area contributed by atoms with Gasteiger partial charge in [-0.25, -0.2) is 0 Å². The lowest BCUT2D eigenvalue weighted by Gasteiger charge is -2.17. The minimum absolute atomic E-state index is 0.170. The van der Waals surface area contributed by atoms with Crippen LogP contribution in [0.3, 0.4) is 0 Å². The van der Waals surface area contributed by atoms with Gasteiger partial charge < -0.3 is 5.11 Å². The molecule has 1 heteroatoms. The number of fused-ring (bicyclic) bond motifs is 1. The van der Waals surface area contributed by atoms with Gasteiger partial charge in [0.1, 0.15) is 0 Å². The van der Waals surface area contributed by atoms with Gasteiger partial charge in [-0.05, 0) is 39.8 Å². The molecular formula is C23H20O. The summed E-state index contributed by atoms with van der Waals surface area (Å²) in [5.74, 6) is 0.227. The van der Waals surface area contributed by atoms with Gasteiger partial charge in [0.05, 0.1) is 0 Å². The maximum Gasteiger partial charge on any atom is 0.0468 e. The average molecular weight is 312 g/mol. The van der Waals surface area contributed by atoms with Gasteiger partial charge in [-0.15, -0.1) is 0 Å². The lowest BCUT2D eigenvalue weighted by molar-refractivity contribution is 0.298. The molecule has 0 amide bonds. The SMILES string of the molecule is OCCC1=C(c2ccccc2)c2ccccc2C1c1ccccc1. The molecule has 1 nitrogen and oxygen atoms in total. The van der Waals surface area contributed by atoms with Crippen molar-refractivity contribution in [3.05, 3.63) is 113 Å². The number of rotatable bonds is 4. The monoisotopic (exact) mass is 312 g/mol. The quantitative estimate of drug-likeness (QED) is 0.717. The van der Waals surface area contributed by atoms with E-state index >= 15 is 0 Å². The Bertz CT molecular complexity index is 863. The number of hydrogen-bond donors (Lipinski definition) is 1. The van der Waals surface area contributed by atoms with Gasteiger partial charge in [0, 0.05) is 12.5 Å². The van der Waals surface area contributed by atoms with Crippen LogP contribution in [0.25, 0.3) is 5.57 Å². The van der Waals surface area contributed by atoms with E-state index in [0.717, 1.165) is 0 Å². The van der Waals surface area contributed by atoms with Crippen LogP contribution >= 0.6 is 0 Å². The number of hydrogen-bond acceptors (Lipinski definition) is 1. The molecule has 1 N–H and O–H groups in total. The number of benzene rings is 3. The highest BCUT2D eigenvalue weighted by Crippen LogP contribution is 2.49. The van der Waals surface area contributed by atoms with E-state index < -0.39 is 0 Å². The molecule has 1 aliphatic carbocycles. The molecule has 0 bridgehead atoms. The Morgan fingerprint density at radius 1 is 0.708 bits per heavy atom. The minimum atomic E-state index is 0.170. The van der Waals surface area contributed by atoms with Crippen LogP contribution in [0.15, 0.2) is 90.5 Å². The Labute approximate surface area is 142 Å². The minimum Gasteiger partial charge on any atom is -0.396 e. The Kier molecular flexibility index (Phi) is 4.02. The first-order chi connectivity index (χ1) is 11.9. The van der Waals surface area contributed by atoms with Gasteiger partial charge in [-0.3, -0.25) is 0 Å². The van der Waals surface area contributed by atoms with Crippen molar-refractivity contribution in [1.29, 1.82) is 0 Å². The Balaban J connectivity index is 1.98. The van der Waals surface area contributed by atoms with Crippen LogP contribution in [0.4, 0.5) is 0 Å². The highest BCUT2D eigenvalue weighted by Gasteiger charge is 2.32. The first-order valence-corrected chi connectivity index (χ1v) is 8.43. The van der Waals surface area contributed by atoms with Crippen molar-refractivity contribution in [2.45, 2.75) is 12.3 Å². The van der Waals surface area contributed by atoms with Crippen LogP contribution in [-0.4, -0.2) is 11.7 Å². The molecular weight excluding hydrogens is 292 g/mol. The second-order valence-electron chi connectivity index (χ2n) is 6.17. The van der Waals surface area contributed by atoms with Gasteiger partial charge in [0.2, 0.25) is 0 Å². The van der Waals surface area contributed by atoms with Crippen molar-refractivity contribution in [1.82, 2.24) is 0 Å².